The summed E-state index contributed by atoms with van der Waals surface area (Å²) >= 11 is 0. The van der Waals surface area contributed by atoms with Crippen LogP contribution in [-0.4, -0.2) is 33.1 Å². The van der Waals surface area contributed by atoms with Crippen molar-refractivity contribution in [2.45, 2.75) is 6.92 Å². The van der Waals surface area contributed by atoms with Gasteiger partial charge in [0.15, 0.2) is 0 Å². The molecule has 2 N–H and O–H groups in total. The van der Waals surface area contributed by atoms with Crippen molar-refractivity contribution in [1.29, 1.82) is 0 Å². The molecule has 1 amide bonds. The summed E-state index contributed by atoms with van der Waals surface area (Å²) in [5.41, 5.74) is -0.911. The van der Waals surface area contributed by atoms with E-state index in [0.29, 0.717) is 5.56 Å². The van der Waals surface area contributed by atoms with Crippen LogP contribution < -0.4 is 10.1 Å². The van der Waals surface area contributed by atoms with Crippen molar-refractivity contribution >= 4 is 23.0 Å². The van der Waals surface area contributed by atoms with Crippen LogP contribution in [0.1, 0.15) is 16.1 Å². The molecule has 11 nitrogen and oxygen atoms in total. The molecule has 0 saturated heterocycles. The molecule has 0 radical (unpaired) electrons. The van der Waals surface area contributed by atoms with Gasteiger partial charge in [-0.3, -0.25) is 30.1 Å². The Hall–Kier alpha value is -3.50. The zero-order valence-electron chi connectivity index (χ0n) is 12.0. The normalized spacial score (nSPS) is 10.2. The van der Waals surface area contributed by atoms with Gasteiger partial charge in [-0.1, -0.05) is 6.07 Å². The molecule has 1 aromatic carbocycles. The van der Waals surface area contributed by atoms with E-state index in [9.17, 15) is 25.0 Å². The highest BCUT2D eigenvalue weighted by Crippen LogP contribution is 2.30. The van der Waals surface area contributed by atoms with Gasteiger partial charge in [0.25, 0.3) is 11.6 Å². The molecule has 11 heteroatoms. The average Bonchev–Trinajstić information content (AvgIpc) is 2.93. The molecule has 120 valence electrons. The number of hydrogen-bond donors (Lipinski definition) is 2. The average molecular weight is 321 g/mol. The number of aromatic amines is 1. The molecule has 0 aliphatic carbocycles. The van der Waals surface area contributed by atoms with Crippen LogP contribution in [0, 0.1) is 27.2 Å². The molecule has 0 unspecified atom stereocenters. The first-order chi connectivity index (χ1) is 10.8. The summed E-state index contributed by atoms with van der Waals surface area (Å²) in [5, 5.41) is 30.0. The van der Waals surface area contributed by atoms with Crippen LogP contribution in [0.5, 0.6) is 5.88 Å². The molecule has 1 aromatic heterocycles. The quantitative estimate of drug-likeness (QED) is 0.628. The van der Waals surface area contributed by atoms with E-state index in [0.717, 1.165) is 7.11 Å². The molecule has 2 rings (SSSR count). The number of benzene rings is 1. The smallest absolute Gasteiger partial charge is 0.362 e. The van der Waals surface area contributed by atoms with E-state index in [-0.39, 0.29) is 17.3 Å². The summed E-state index contributed by atoms with van der Waals surface area (Å²) in [5.74, 6) is -1.31. The summed E-state index contributed by atoms with van der Waals surface area (Å²) in [6.45, 7) is 1.66. The molecule has 0 atom stereocenters. The Bertz CT molecular complexity index is 799. The Morgan fingerprint density at radius 3 is 2.57 bits per heavy atom. The minimum absolute atomic E-state index is 0.0894. The van der Waals surface area contributed by atoms with Gasteiger partial charge in [-0.05, 0) is 18.6 Å². The molecule has 1 heterocycles. The maximum absolute atomic E-state index is 12.2. The summed E-state index contributed by atoms with van der Waals surface area (Å²) in [4.78, 5) is 32.7. The third-order valence-electron chi connectivity index (χ3n) is 2.91. The fourth-order valence-electron chi connectivity index (χ4n) is 1.87. The second-order valence-electron chi connectivity index (χ2n) is 4.45. The van der Waals surface area contributed by atoms with Gasteiger partial charge in [-0.25, -0.2) is 0 Å². The predicted octanol–water partition coefficient (Wildman–Crippen LogP) is 1.80. The molecular weight excluding hydrogens is 310 g/mol. The lowest BCUT2D eigenvalue weighted by molar-refractivity contribution is -0.386. The first-order valence-corrected chi connectivity index (χ1v) is 6.18. The summed E-state index contributed by atoms with van der Waals surface area (Å²) < 4.78 is 4.69. The van der Waals surface area contributed by atoms with Gasteiger partial charge in [0, 0.05) is 6.07 Å². The van der Waals surface area contributed by atoms with E-state index in [1.807, 2.05) is 0 Å². The molecule has 0 aliphatic heterocycles. The highest BCUT2D eigenvalue weighted by atomic mass is 16.6. The fraction of sp³-hybridized carbons (Fsp3) is 0.167. The maximum Gasteiger partial charge on any atom is 0.362 e. The van der Waals surface area contributed by atoms with Gasteiger partial charge in [-0.2, -0.15) is 0 Å². The molecule has 23 heavy (non-hydrogen) atoms. The molecular formula is C12H11N5O6. The molecule has 0 spiro atoms. The van der Waals surface area contributed by atoms with Crippen LogP contribution in [0.4, 0.5) is 17.1 Å². The van der Waals surface area contributed by atoms with Crippen LogP contribution in [0.3, 0.4) is 0 Å². The molecule has 0 bridgehead atoms. The van der Waals surface area contributed by atoms with Crippen molar-refractivity contribution in [3.63, 3.8) is 0 Å². The van der Waals surface area contributed by atoms with Crippen molar-refractivity contribution < 1.29 is 19.4 Å². The lowest BCUT2D eigenvalue weighted by Crippen LogP contribution is -2.15. The summed E-state index contributed by atoms with van der Waals surface area (Å²) in [6, 6.07) is 4.17. The van der Waals surface area contributed by atoms with Crippen molar-refractivity contribution in [3.8, 4) is 5.88 Å². The minimum atomic E-state index is -0.945. The number of ether oxygens (including phenoxy) is 1. The highest BCUT2D eigenvalue weighted by Gasteiger charge is 2.31. The summed E-state index contributed by atoms with van der Waals surface area (Å²) in [6.07, 6.45) is 0. The molecule has 0 saturated carbocycles. The monoisotopic (exact) mass is 321 g/mol. The van der Waals surface area contributed by atoms with Gasteiger partial charge in [0.05, 0.1) is 17.0 Å². The number of hydrogen-bond acceptors (Lipinski definition) is 7. The number of rotatable bonds is 5. The maximum atomic E-state index is 12.2. The number of aryl methyl sites for hydroxylation is 1. The molecule has 0 aliphatic rings. The van der Waals surface area contributed by atoms with Crippen LogP contribution in [0.25, 0.3) is 0 Å². The SMILES string of the molecule is COc1n[nH]c(C(=O)Nc2ccc(C)cc2[N+](=O)[O-])c1[N+](=O)[O-]. The number of aromatic nitrogens is 2. The van der Waals surface area contributed by atoms with Crippen LogP contribution in [0.2, 0.25) is 0 Å². The van der Waals surface area contributed by atoms with Crippen molar-refractivity contribution in [1.82, 2.24) is 10.2 Å². The zero-order chi connectivity index (χ0) is 17.1. The van der Waals surface area contributed by atoms with E-state index < -0.39 is 27.1 Å². The first-order valence-electron chi connectivity index (χ1n) is 6.18. The topological polar surface area (TPSA) is 153 Å². The number of nitro benzene ring substituents is 1. The highest BCUT2D eigenvalue weighted by molar-refractivity contribution is 6.07. The predicted molar refractivity (Wildman–Crippen MR) is 77.6 cm³/mol. The van der Waals surface area contributed by atoms with E-state index >= 15 is 0 Å². The van der Waals surface area contributed by atoms with E-state index in [1.54, 1.807) is 13.0 Å². The van der Waals surface area contributed by atoms with Crippen LogP contribution >= 0.6 is 0 Å². The first kappa shape index (κ1) is 15.9. The van der Waals surface area contributed by atoms with Gasteiger partial charge in [-0.15, -0.1) is 5.10 Å². The number of carbonyl (C=O) groups excluding carboxylic acids is 1. The molecule has 2 aromatic rings. The number of carbonyl (C=O) groups is 1. The minimum Gasteiger partial charge on any atom is -0.475 e. The van der Waals surface area contributed by atoms with Gasteiger partial charge < -0.3 is 10.1 Å². The third-order valence-corrected chi connectivity index (χ3v) is 2.91. The number of nitro groups is 2. The van der Waals surface area contributed by atoms with E-state index in [1.165, 1.54) is 12.1 Å². The van der Waals surface area contributed by atoms with E-state index in [2.05, 4.69) is 15.5 Å². The Kier molecular flexibility index (Phi) is 4.21. The van der Waals surface area contributed by atoms with Crippen molar-refractivity contribution in [3.05, 3.63) is 49.7 Å². The lowest BCUT2D eigenvalue weighted by Gasteiger charge is -2.05. The largest absolute Gasteiger partial charge is 0.475 e. The number of H-pyrrole nitrogens is 1. The number of anilines is 1. The second-order valence-corrected chi connectivity index (χ2v) is 4.45. The Balaban J connectivity index is 2.39. The second kappa shape index (κ2) is 6.09. The molecule has 0 fully saturated rings. The number of amides is 1. The Morgan fingerprint density at radius 1 is 1.30 bits per heavy atom. The summed E-state index contributed by atoms with van der Waals surface area (Å²) in [7, 11) is 1.16. The van der Waals surface area contributed by atoms with E-state index in [4.69, 9.17) is 4.74 Å². The Morgan fingerprint density at radius 2 is 2.00 bits per heavy atom. The third kappa shape index (κ3) is 3.07. The lowest BCUT2D eigenvalue weighted by atomic mass is 10.2. The zero-order valence-corrected chi connectivity index (χ0v) is 12.0. The number of methoxy groups -OCH3 is 1. The Labute approximate surface area is 128 Å². The van der Waals surface area contributed by atoms with Crippen LogP contribution in [-0.2, 0) is 0 Å². The number of nitrogens with one attached hydrogen (secondary N) is 2. The van der Waals surface area contributed by atoms with Crippen molar-refractivity contribution in [2.75, 3.05) is 12.4 Å². The van der Waals surface area contributed by atoms with Gasteiger partial charge >= 0.3 is 11.6 Å². The van der Waals surface area contributed by atoms with Gasteiger partial charge in [0.2, 0.25) is 5.69 Å². The fourth-order valence-corrected chi connectivity index (χ4v) is 1.87. The van der Waals surface area contributed by atoms with Gasteiger partial charge in [0.1, 0.15) is 5.69 Å². The number of nitrogens with zero attached hydrogens (tertiary/aromatic N) is 3. The van der Waals surface area contributed by atoms with Crippen molar-refractivity contribution in [2.24, 2.45) is 0 Å². The van der Waals surface area contributed by atoms with Crippen LogP contribution in [0.15, 0.2) is 18.2 Å². The standard InChI is InChI=1S/C12H11N5O6/c1-6-3-4-7(8(5-6)16(19)20)13-11(18)9-10(17(21)22)12(23-2)15-14-9/h3-5H,1-2H3,(H,13,18)(H,14,15).